The number of nitrogens with zero attached hydrogens (tertiary/aromatic N) is 3. The van der Waals surface area contributed by atoms with Crippen LogP contribution in [0.25, 0.3) is 66.1 Å². The first kappa shape index (κ1) is 38.0. The van der Waals surface area contributed by atoms with Crippen LogP contribution in [0.15, 0.2) is 225 Å². The van der Waals surface area contributed by atoms with Gasteiger partial charge < -0.3 is 19.1 Å². The minimum absolute atomic E-state index is 0.120. The second-order valence-electron chi connectivity index (χ2n) is 17.8. The van der Waals surface area contributed by atoms with Crippen LogP contribution < -0.4 is 10.2 Å². The predicted molar refractivity (Wildman–Crippen MR) is 271 cm³/mol. The summed E-state index contributed by atoms with van der Waals surface area (Å²) in [5, 5.41) is 8.00. The number of hydrogen-bond donors (Lipinski definition) is 1. The normalized spacial score (nSPS) is 15.1. The Hall–Kier alpha value is -8.48. The number of hydrogen-bond acceptors (Lipinski definition) is 6. The van der Waals surface area contributed by atoms with Crippen LogP contribution in [0.2, 0.25) is 0 Å². The van der Waals surface area contributed by atoms with Gasteiger partial charge in [0.05, 0.1) is 0 Å². The average Bonchev–Trinajstić information content (AvgIpc) is 4.01. The molecule has 2 aromatic heterocycles. The van der Waals surface area contributed by atoms with Gasteiger partial charge >= 0.3 is 0 Å². The summed E-state index contributed by atoms with van der Waals surface area (Å²) in [5.41, 5.74) is 16.8. The number of anilines is 3. The molecule has 0 amide bonds. The first-order valence-electron chi connectivity index (χ1n) is 22.5. The van der Waals surface area contributed by atoms with Crippen molar-refractivity contribution >= 4 is 72.6 Å². The van der Waals surface area contributed by atoms with Crippen molar-refractivity contribution in [3.63, 3.8) is 0 Å². The van der Waals surface area contributed by atoms with E-state index in [-0.39, 0.29) is 11.6 Å². The third kappa shape index (κ3) is 6.10. The number of rotatable bonds is 7. The lowest BCUT2D eigenvalue weighted by Crippen LogP contribution is -2.33. The fourth-order valence-corrected chi connectivity index (χ4v) is 10.3. The van der Waals surface area contributed by atoms with Crippen LogP contribution >= 0.6 is 0 Å². The van der Waals surface area contributed by atoms with Gasteiger partial charge in [-0.2, -0.15) is 0 Å². The molecule has 0 saturated carbocycles. The van der Waals surface area contributed by atoms with Crippen LogP contribution in [0.3, 0.4) is 0 Å². The Morgan fingerprint density at radius 2 is 1.09 bits per heavy atom. The summed E-state index contributed by atoms with van der Waals surface area (Å²) in [5.74, 6) is 1.41. The van der Waals surface area contributed by atoms with E-state index in [4.69, 9.17) is 18.8 Å². The molecular weight excluding hydrogens is 809 g/mol. The summed E-state index contributed by atoms with van der Waals surface area (Å²) in [6, 6.07) is 72.5. The molecule has 13 rings (SSSR count). The Bertz CT molecular complexity index is 3780. The van der Waals surface area contributed by atoms with Crippen molar-refractivity contribution in [2.45, 2.75) is 25.4 Å². The maximum Gasteiger partial charge on any atom is 0.159 e. The van der Waals surface area contributed by atoms with Gasteiger partial charge in [-0.1, -0.05) is 153 Å². The maximum absolute atomic E-state index is 6.76. The molecule has 66 heavy (non-hydrogen) atoms. The van der Waals surface area contributed by atoms with E-state index in [1.54, 1.807) is 0 Å². The van der Waals surface area contributed by atoms with Gasteiger partial charge in [-0.25, -0.2) is 9.98 Å². The number of para-hydroxylation sites is 2. The Kier molecular flexibility index (Phi) is 8.52. The van der Waals surface area contributed by atoms with E-state index in [1.807, 2.05) is 36.4 Å². The SMILES string of the molecule is CC1(C)c2ccccc2-c2ccc(N(c3ccccc3)c3ccc4c(c3)oc3cccc(-c5cccc(C6=NC(c7ccccc7)=NC(c7ccc8c(c7)oc7ccccc78)N6)c5)c34)cc21. The minimum atomic E-state index is -0.389. The largest absolute Gasteiger partial charge is 0.456 e. The number of nitrogens with one attached hydrogen (secondary N) is 1. The summed E-state index contributed by atoms with van der Waals surface area (Å²) in [7, 11) is 0. The highest BCUT2D eigenvalue weighted by Gasteiger charge is 2.36. The van der Waals surface area contributed by atoms with Crippen LogP contribution in [0.4, 0.5) is 17.1 Å². The second kappa shape index (κ2) is 14.8. The van der Waals surface area contributed by atoms with E-state index in [2.05, 4.69) is 194 Å². The van der Waals surface area contributed by atoms with Gasteiger partial charge in [0, 0.05) is 66.8 Å². The van der Waals surface area contributed by atoms with Crippen LogP contribution in [-0.2, 0) is 5.41 Å². The number of benzene rings is 9. The summed E-state index contributed by atoms with van der Waals surface area (Å²) >= 11 is 0. The highest BCUT2D eigenvalue weighted by atomic mass is 16.3. The molecule has 0 radical (unpaired) electrons. The van der Waals surface area contributed by atoms with Gasteiger partial charge in [0.1, 0.15) is 34.3 Å². The van der Waals surface area contributed by atoms with E-state index < -0.39 is 0 Å². The van der Waals surface area contributed by atoms with Crippen molar-refractivity contribution in [2.24, 2.45) is 9.98 Å². The van der Waals surface area contributed by atoms with Crippen molar-refractivity contribution in [3.05, 3.63) is 234 Å². The van der Waals surface area contributed by atoms with Gasteiger partial charge in [-0.05, 0) is 94.0 Å². The molecule has 1 aliphatic heterocycles. The molecule has 1 unspecified atom stereocenters. The fraction of sp³-hybridized carbons (Fsp3) is 0.0667. The standard InChI is InChI=1S/C60H42N4O2/c1-60(2)50-24-11-9-21-45(50)46-31-28-42(35-51(46)60)64(41-19-7-4-8-20-41)43-29-32-49-55(36-43)66-53-26-14-23-44(56(49)53)38-17-13-18-39(33-38)58-61-57(37-15-5-3-6-16-37)62-59(63-58)40-27-30-48-47-22-10-12-25-52(47)65-54(48)34-40/h3-36,59H,1-2H3,(H,61,62,63). The third-order valence-corrected chi connectivity index (χ3v) is 13.5. The topological polar surface area (TPSA) is 66.3 Å². The zero-order valence-electron chi connectivity index (χ0n) is 36.4. The average molecular weight is 851 g/mol. The van der Waals surface area contributed by atoms with Gasteiger partial charge in [0.25, 0.3) is 0 Å². The van der Waals surface area contributed by atoms with E-state index >= 15 is 0 Å². The van der Waals surface area contributed by atoms with Crippen LogP contribution in [0.5, 0.6) is 0 Å². The summed E-state index contributed by atoms with van der Waals surface area (Å²) in [6.45, 7) is 4.66. The monoisotopic (exact) mass is 850 g/mol. The summed E-state index contributed by atoms with van der Waals surface area (Å²) < 4.78 is 13.1. The molecular formula is C60H42N4O2. The molecule has 3 heterocycles. The molecule has 6 heteroatoms. The number of aliphatic imine (C=N–C) groups is 2. The lowest BCUT2D eigenvalue weighted by atomic mass is 9.82. The molecule has 9 aromatic carbocycles. The fourth-order valence-electron chi connectivity index (χ4n) is 10.3. The lowest BCUT2D eigenvalue weighted by Gasteiger charge is -2.28. The molecule has 1 N–H and O–H groups in total. The Morgan fingerprint density at radius 3 is 1.98 bits per heavy atom. The van der Waals surface area contributed by atoms with Gasteiger partial charge in [0.2, 0.25) is 0 Å². The molecule has 11 aromatic rings. The molecule has 6 nitrogen and oxygen atoms in total. The van der Waals surface area contributed by atoms with Gasteiger partial charge in [0.15, 0.2) is 5.84 Å². The molecule has 1 atom stereocenters. The van der Waals surface area contributed by atoms with Gasteiger partial charge in [-0.3, -0.25) is 0 Å². The van der Waals surface area contributed by atoms with Crippen molar-refractivity contribution in [1.29, 1.82) is 0 Å². The lowest BCUT2D eigenvalue weighted by molar-refractivity contribution is 0.655. The zero-order chi connectivity index (χ0) is 43.9. The number of fused-ring (bicyclic) bond motifs is 9. The van der Waals surface area contributed by atoms with Crippen molar-refractivity contribution < 1.29 is 8.83 Å². The zero-order valence-corrected chi connectivity index (χ0v) is 36.4. The molecule has 0 spiro atoms. The van der Waals surface area contributed by atoms with E-state index in [0.29, 0.717) is 5.84 Å². The van der Waals surface area contributed by atoms with Crippen LogP contribution in [0.1, 0.15) is 47.8 Å². The molecule has 1 aliphatic carbocycles. The molecule has 0 bridgehead atoms. The molecule has 0 fully saturated rings. The predicted octanol–water partition coefficient (Wildman–Crippen LogP) is 15.4. The highest BCUT2D eigenvalue weighted by molar-refractivity contribution is 6.16. The molecule has 314 valence electrons. The Morgan fingerprint density at radius 1 is 0.455 bits per heavy atom. The second-order valence-corrected chi connectivity index (χ2v) is 17.8. The van der Waals surface area contributed by atoms with E-state index in [0.717, 1.165) is 94.6 Å². The van der Waals surface area contributed by atoms with Crippen LogP contribution in [-0.4, -0.2) is 11.7 Å². The van der Waals surface area contributed by atoms with Gasteiger partial charge in [-0.15, -0.1) is 0 Å². The molecule has 0 saturated heterocycles. The highest BCUT2D eigenvalue weighted by Crippen LogP contribution is 2.51. The first-order valence-corrected chi connectivity index (χ1v) is 22.5. The third-order valence-electron chi connectivity index (χ3n) is 13.5. The quantitative estimate of drug-likeness (QED) is 0.173. The maximum atomic E-state index is 6.76. The Labute approximate surface area is 381 Å². The van der Waals surface area contributed by atoms with E-state index in [1.165, 1.54) is 22.3 Å². The van der Waals surface area contributed by atoms with Crippen LogP contribution in [0, 0.1) is 0 Å². The van der Waals surface area contributed by atoms with Crippen molar-refractivity contribution in [3.8, 4) is 22.3 Å². The first-order chi connectivity index (χ1) is 32.4. The van der Waals surface area contributed by atoms with E-state index in [9.17, 15) is 0 Å². The minimum Gasteiger partial charge on any atom is -0.456 e. The summed E-state index contributed by atoms with van der Waals surface area (Å²) in [4.78, 5) is 12.6. The summed E-state index contributed by atoms with van der Waals surface area (Å²) in [6.07, 6.45) is -0.389. The smallest absolute Gasteiger partial charge is 0.159 e. The van der Waals surface area contributed by atoms with Crippen molar-refractivity contribution in [1.82, 2.24) is 5.32 Å². The van der Waals surface area contributed by atoms with Crippen molar-refractivity contribution in [2.75, 3.05) is 4.90 Å². The molecule has 2 aliphatic rings. The number of amidine groups is 2. The number of furan rings is 2. The Balaban J connectivity index is 0.882.